The number of pyridine rings is 1. The van der Waals surface area contributed by atoms with Gasteiger partial charge in [0.2, 0.25) is 0 Å². The van der Waals surface area contributed by atoms with Crippen molar-refractivity contribution in [3.05, 3.63) is 118 Å². The minimum Gasteiger partial charge on any atom is -0.304 e. The lowest BCUT2D eigenvalue weighted by Gasteiger charge is -2.19. The van der Waals surface area contributed by atoms with Gasteiger partial charge in [-0.1, -0.05) is 94.8 Å². The molecule has 4 rings (SSSR count). The molecule has 2 nitrogen and oxygen atoms in total. The van der Waals surface area contributed by atoms with Crippen molar-refractivity contribution < 1.29 is 0 Å². The molecule has 0 unspecified atom stereocenters. The third-order valence-corrected chi connectivity index (χ3v) is 5.82. The first-order valence-corrected chi connectivity index (χ1v) is 10.7. The second-order valence-electron chi connectivity index (χ2n) is 7.24. The summed E-state index contributed by atoms with van der Waals surface area (Å²) in [5.41, 5.74) is 6.54. The highest BCUT2D eigenvalue weighted by atomic mass is 79.9. The molecule has 0 aliphatic rings. The van der Waals surface area contributed by atoms with Gasteiger partial charge >= 0.3 is 0 Å². The Bertz CT molecular complexity index is 1260. The van der Waals surface area contributed by atoms with Crippen molar-refractivity contribution >= 4 is 15.9 Å². The second-order valence-corrected chi connectivity index (χ2v) is 8.09. The average molecular weight is 456 g/mol. The first kappa shape index (κ1) is 20.1. The van der Waals surface area contributed by atoms with Gasteiger partial charge in [-0.05, 0) is 41.3 Å². The monoisotopic (exact) mass is 455 g/mol. The van der Waals surface area contributed by atoms with Crippen LogP contribution < -0.4 is 5.56 Å². The van der Waals surface area contributed by atoms with Crippen molar-refractivity contribution in [3.8, 4) is 33.5 Å². The van der Waals surface area contributed by atoms with E-state index in [-0.39, 0.29) is 5.56 Å². The van der Waals surface area contributed by atoms with Gasteiger partial charge in [0.05, 0.1) is 11.3 Å². The number of rotatable bonds is 5. The molecule has 0 spiro atoms. The molecule has 0 saturated carbocycles. The Labute approximate surface area is 185 Å². The van der Waals surface area contributed by atoms with Crippen LogP contribution in [0.1, 0.15) is 5.56 Å². The predicted molar refractivity (Wildman–Crippen MR) is 130 cm³/mol. The fraction of sp³-hybridized carbons (Fsp3) is 0.0741. The van der Waals surface area contributed by atoms with Crippen LogP contribution in [0.4, 0.5) is 0 Å². The van der Waals surface area contributed by atoms with Crippen LogP contribution in [0, 0.1) is 6.92 Å². The maximum Gasteiger partial charge on any atom is 0.259 e. The summed E-state index contributed by atoms with van der Waals surface area (Å²) in [5, 5.41) is 0. The molecule has 0 saturated heterocycles. The number of hydrogen-bond donors (Lipinski definition) is 0. The molecule has 0 atom stereocenters. The summed E-state index contributed by atoms with van der Waals surface area (Å²) in [5.74, 6) is 0. The molecule has 3 aromatic carbocycles. The van der Waals surface area contributed by atoms with Gasteiger partial charge in [0.25, 0.3) is 5.56 Å². The molecule has 1 heterocycles. The van der Waals surface area contributed by atoms with Crippen molar-refractivity contribution in [3.63, 3.8) is 0 Å². The summed E-state index contributed by atoms with van der Waals surface area (Å²) < 4.78 is 2.77. The molecule has 0 fully saturated rings. The largest absolute Gasteiger partial charge is 0.304 e. The molecule has 3 heteroatoms. The molecule has 4 aromatic rings. The number of benzene rings is 3. The van der Waals surface area contributed by atoms with Gasteiger partial charge in [-0.15, -0.1) is 6.58 Å². The van der Waals surface area contributed by atoms with E-state index in [1.165, 1.54) is 0 Å². The molecule has 0 N–H and O–H groups in total. The highest BCUT2D eigenvalue weighted by Gasteiger charge is 2.19. The third kappa shape index (κ3) is 3.81. The van der Waals surface area contributed by atoms with Crippen molar-refractivity contribution in [2.24, 2.45) is 0 Å². The van der Waals surface area contributed by atoms with Crippen molar-refractivity contribution in [2.45, 2.75) is 13.5 Å². The number of aromatic nitrogens is 1. The topological polar surface area (TPSA) is 22.0 Å². The first-order valence-electron chi connectivity index (χ1n) is 9.86. The quantitative estimate of drug-likeness (QED) is 0.294. The number of nitrogens with zero attached hydrogens (tertiary/aromatic N) is 1. The van der Waals surface area contributed by atoms with E-state index in [1.807, 2.05) is 60.7 Å². The van der Waals surface area contributed by atoms with E-state index in [4.69, 9.17) is 0 Å². The van der Waals surface area contributed by atoms with Crippen molar-refractivity contribution in [1.29, 1.82) is 0 Å². The molecule has 0 aliphatic heterocycles. The van der Waals surface area contributed by atoms with Crippen LogP contribution in [0.15, 0.2) is 107 Å². The maximum atomic E-state index is 13.8. The fourth-order valence-corrected chi connectivity index (χ4v) is 4.43. The van der Waals surface area contributed by atoms with Crippen LogP contribution in [0.2, 0.25) is 0 Å². The Balaban J connectivity index is 2.11. The zero-order valence-corrected chi connectivity index (χ0v) is 18.4. The van der Waals surface area contributed by atoms with E-state index in [1.54, 1.807) is 10.6 Å². The third-order valence-electron chi connectivity index (χ3n) is 5.16. The molecule has 30 heavy (non-hydrogen) atoms. The van der Waals surface area contributed by atoms with Gasteiger partial charge < -0.3 is 4.57 Å². The summed E-state index contributed by atoms with van der Waals surface area (Å²) in [6.45, 7) is 6.37. The highest BCUT2D eigenvalue weighted by molar-refractivity contribution is 9.10. The Hall–Kier alpha value is -3.17. The minimum atomic E-state index is -0.0232. The summed E-state index contributed by atoms with van der Waals surface area (Å²) in [6.07, 6.45) is 1.77. The normalized spacial score (nSPS) is 10.7. The Morgan fingerprint density at radius 3 is 2.10 bits per heavy atom. The van der Waals surface area contributed by atoms with Gasteiger partial charge in [0, 0.05) is 16.6 Å². The molecular weight excluding hydrogens is 434 g/mol. The molecule has 1 aromatic heterocycles. The fourth-order valence-electron chi connectivity index (χ4n) is 3.74. The summed E-state index contributed by atoms with van der Waals surface area (Å²) in [6, 6.07) is 28.3. The Morgan fingerprint density at radius 2 is 1.50 bits per heavy atom. The molecule has 0 aliphatic carbocycles. The second kappa shape index (κ2) is 8.68. The van der Waals surface area contributed by atoms with Crippen LogP contribution in [-0.2, 0) is 6.54 Å². The zero-order chi connectivity index (χ0) is 21.1. The maximum absolute atomic E-state index is 13.8. The average Bonchev–Trinajstić information content (AvgIpc) is 2.76. The molecule has 0 bridgehead atoms. The van der Waals surface area contributed by atoms with E-state index < -0.39 is 0 Å². The number of hydrogen-bond acceptors (Lipinski definition) is 1. The van der Waals surface area contributed by atoms with Crippen LogP contribution in [-0.4, -0.2) is 4.57 Å². The molecule has 0 radical (unpaired) electrons. The van der Waals surface area contributed by atoms with Gasteiger partial charge in [-0.2, -0.15) is 0 Å². The van der Waals surface area contributed by atoms with Crippen molar-refractivity contribution in [2.75, 3.05) is 0 Å². The van der Waals surface area contributed by atoms with Gasteiger partial charge in [0.15, 0.2) is 0 Å². The summed E-state index contributed by atoms with van der Waals surface area (Å²) >= 11 is 3.70. The number of halogens is 1. The first-order chi connectivity index (χ1) is 14.6. The van der Waals surface area contributed by atoms with Crippen LogP contribution >= 0.6 is 15.9 Å². The summed E-state index contributed by atoms with van der Waals surface area (Å²) in [7, 11) is 0. The number of allylic oxidation sites excluding steroid dienone is 1. The van der Waals surface area contributed by atoms with Gasteiger partial charge in [-0.3, -0.25) is 4.79 Å². The van der Waals surface area contributed by atoms with E-state index in [9.17, 15) is 4.79 Å². The standard InChI is InChI=1S/C27H22BrNO/c1-3-16-29-25(22-15-14-19(2)17-24(22)28)18-23(20-10-6-4-7-11-20)26(27(29)30)21-12-8-5-9-13-21/h3-15,17-18H,1,16H2,2H3. The van der Waals surface area contributed by atoms with Crippen LogP contribution in [0.5, 0.6) is 0 Å². The van der Waals surface area contributed by atoms with E-state index >= 15 is 0 Å². The Kier molecular flexibility index (Phi) is 5.82. The molecule has 148 valence electrons. The lowest BCUT2D eigenvalue weighted by molar-refractivity contribution is 0.792. The lowest BCUT2D eigenvalue weighted by Crippen LogP contribution is -2.24. The van der Waals surface area contributed by atoms with E-state index in [0.717, 1.165) is 38.0 Å². The number of aryl methyl sites for hydroxylation is 1. The smallest absolute Gasteiger partial charge is 0.259 e. The summed E-state index contributed by atoms with van der Waals surface area (Å²) in [4.78, 5) is 13.8. The molecular formula is C27H22BrNO. The SMILES string of the molecule is C=CCn1c(-c2ccc(C)cc2Br)cc(-c2ccccc2)c(-c2ccccc2)c1=O. The van der Waals surface area contributed by atoms with Crippen LogP contribution in [0.25, 0.3) is 33.5 Å². The van der Waals surface area contributed by atoms with Crippen molar-refractivity contribution in [1.82, 2.24) is 4.57 Å². The molecule has 0 amide bonds. The zero-order valence-electron chi connectivity index (χ0n) is 16.8. The Morgan fingerprint density at radius 1 is 0.867 bits per heavy atom. The van der Waals surface area contributed by atoms with E-state index in [2.05, 4.69) is 53.7 Å². The van der Waals surface area contributed by atoms with Crippen LogP contribution in [0.3, 0.4) is 0 Å². The van der Waals surface area contributed by atoms with Gasteiger partial charge in [-0.25, -0.2) is 0 Å². The van der Waals surface area contributed by atoms with E-state index in [0.29, 0.717) is 12.1 Å². The minimum absolute atomic E-state index is 0.0232. The predicted octanol–water partition coefficient (Wildman–Crippen LogP) is 7.11. The highest BCUT2D eigenvalue weighted by Crippen LogP contribution is 2.35. The lowest BCUT2D eigenvalue weighted by atomic mass is 9.93. The van der Waals surface area contributed by atoms with Gasteiger partial charge in [0.1, 0.15) is 0 Å².